The average molecular weight is 611 g/mol. The van der Waals surface area contributed by atoms with Gasteiger partial charge in [0, 0.05) is 23.5 Å². The molecule has 0 spiro atoms. The minimum Gasteiger partial charge on any atom is -0.455 e. The summed E-state index contributed by atoms with van der Waals surface area (Å²) in [5.41, 5.74) is 3.35. The summed E-state index contributed by atoms with van der Waals surface area (Å²) in [5.74, 6) is 1.56. The van der Waals surface area contributed by atoms with Gasteiger partial charge < -0.3 is 14.6 Å². The van der Waals surface area contributed by atoms with Crippen molar-refractivity contribution in [1.82, 2.24) is 0 Å². The van der Waals surface area contributed by atoms with Crippen LogP contribution in [0.1, 0.15) is 111 Å². The summed E-state index contributed by atoms with van der Waals surface area (Å²) < 4.78 is 12.5. The monoisotopic (exact) mass is 610 g/mol. The SMILES string of the molecule is CO[C@H]1C=C2[C@@H](CC[C@H](O)C2(C)C)[C@]2(C)CC[C@]3(C)[C@@H]([C@H](C)C[C@H](C=C(C)C)OC(=O)c4ccc(Cl)cc4)CC[C@@]3(C)[C@H]12. The molecule has 3 saturated carbocycles. The minimum atomic E-state index is -0.296. The highest BCUT2D eigenvalue weighted by atomic mass is 35.5. The molecule has 238 valence electrons. The van der Waals surface area contributed by atoms with Crippen molar-refractivity contribution in [1.29, 1.82) is 0 Å². The summed E-state index contributed by atoms with van der Waals surface area (Å²) in [5, 5.41) is 11.6. The molecule has 4 aliphatic carbocycles. The molecule has 0 saturated heterocycles. The zero-order valence-electron chi connectivity index (χ0n) is 28.0. The summed E-state index contributed by atoms with van der Waals surface area (Å²) >= 11 is 6.05. The Kier molecular flexibility index (Phi) is 8.86. The van der Waals surface area contributed by atoms with Crippen LogP contribution in [0.4, 0.5) is 0 Å². The molecule has 0 unspecified atom stereocenters. The number of ether oxygens (including phenoxy) is 2. The van der Waals surface area contributed by atoms with Crippen LogP contribution in [0.3, 0.4) is 0 Å². The maximum Gasteiger partial charge on any atom is 0.338 e. The summed E-state index contributed by atoms with van der Waals surface area (Å²) in [6.45, 7) is 18.7. The van der Waals surface area contributed by atoms with Crippen LogP contribution in [0.2, 0.25) is 5.02 Å². The van der Waals surface area contributed by atoms with Crippen molar-refractivity contribution in [2.45, 2.75) is 119 Å². The van der Waals surface area contributed by atoms with Gasteiger partial charge in [0.05, 0.1) is 17.8 Å². The fourth-order valence-electron chi connectivity index (χ4n) is 10.7. The molecular formula is C38H55ClO4. The Labute approximate surface area is 265 Å². The van der Waals surface area contributed by atoms with Gasteiger partial charge in [-0.05, 0) is 123 Å². The van der Waals surface area contributed by atoms with Crippen LogP contribution in [-0.2, 0) is 9.47 Å². The fourth-order valence-corrected chi connectivity index (χ4v) is 10.9. The van der Waals surface area contributed by atoms with Gasteiger partial charge in [-0.3, -0.25) is 0 Å². The third-order valence-electron chi connectivity index (χ3n) is 13.2. The number of hydrogen-bond donors (Lipinski definition) is 1. The third kappa shape index (κ3) is 5.36. The molecule has 0 amide bonds. The molecule has 0 heterocycles. The number of fused-ring (bicyclic) bond motifs is 5. The van der Waals surface area contributed by atoms with Crippen molar-refractivity contribution >= 4 is 17.6 Å². The Morgan fingerprint density at radius 2 is 1.70 bits per heavy atom. The number of halogens is 1. The minimum absolute atomic E-state index is 0.0539. The highest BCUT2D eigenvalue weighted by Crippen LogP contribution is 2.75. The highest BCUT2D eigenvalue weighted by molar-refractivity contribution is 6.30. The van der Waals surface area contributed by atoms with E-state index in [0.29, 0.717) is 34.3 Å². The molecular weight excluding hydrogens is 556 g/mol. The van der Waals surface area contributed by atoms with Crippen LogP contribution in [0.5, 0.6) is 0 Å². The topological polar surface area (TPSA) is 55.8 Å². The van der Waals surface area contributed by atoms with Crippen molar-refractivity contribution in [2.75, 3.05) is 7.11 Å². The second-order valence-electron chi connectivity index (χ2n) is 16.1. The molecule has 4 aliphatic rings. The summed E-state index contributed by atoms with van der Waals surface area (Å²) in [7, 11) is 1.89. The predicted octanol–water partition coefficient (Wildman–Crippen LogP) is 9.45. The van der Waals surface area contributed by atoms with E-state index in [0.717, 1.165) is 24.8 Å². The lowest BCUT2D eigenvalue weighted by atomic mass is 9.38. The maximum atomic E-state index is 13.1. The zero-order chi connectivity index (χ0) is 31.5. The molecule has 0 aliphatic heterocycles. The number of carbonyl (C=O) groups is 1. The first kappa shape index (κ1) is 32.8. The van der Waals surface area contributed by atoms with Crippen LogP contribution in [0.15, 0.2) is 47.6 Å². The van der Waals surface area contributed by atoms with E-state index >= 15 is 0 Å². The molecule has 1 N–H and O–H groups in total. The molecule has 5 rings (SSSR count). The number of carbonyl (C=O) groups excluding carboxylic acids is 1. The number of methoxy groups -OCH3 is 1. The second-order valence-corrected chi connectivity index (χ2v) is 16.5. The lowest BCUT2D eigenvalue weighted by Crippen LogP contribution is -2.63. The number of esters is 1. The maximum absolute atomic E-state index is 13.1. The molecule has 1 aromatic rings. The third-order valence-corrected chi connectivity index (χ3v) is 13.5. The number of allylic oxidation sites excluding steroid dienone is 1. The van der Waals surface area contributed by atoms with Crippen LogP contribution in [0, 0.1) is 45.3 Å². The number of rotatable bonds is 7. The fraction of sp³-hybridized carbons (Fsp3) is 0.711. The van der Waals surface area contributed by atoms with Crippen LogP contribution >= 0.6 is 11.6 Å². The number of benzene rings is 1. The van der Waals surface area contributed by atoms with E-state index in [9.17, 15) is 9.90 Å². The van der Waals surface area contributed by atoms with E-state index in [4.69, 9.17) is 21.1 Å². The molecule has 1 aromatic carbocycles. The van der Waals surface area contributed by atoms with Crippen LogP contribution in [-0.4, -0.2) is 36.5 Å². The summed E-state index contributed by atoms with van der Waals surface area (Å²) in [6.07, 6.45) is 11.6. The van der Waals surface area contributed by atoms with Crippen LogP contribution < -0.4 is 0 Å². The normalized spacial score (nSPS) is 39.4. The lowest BCUT2D eigenvalue weighted by Gasteiger charge is -2.67. The standard InChI is InChI=1S/C38H55ClO4/c1-23(2)20-27(43-34(41)25-10-12-26(39)13-11-25)21-24(3)28-16-17-38(8)33-31(42-9)22-30-29(14-15-32(40)35(30,4)5)36(33,6)18-19-37(28,38)7/h10-13,20,22,24,27-29,31-33,40H,14-19,21H2,1-9H3/t24-,27+,28-,29-,31+,32+,33-,36+,37-,38+/m1/s1. The van der Waals surface area contributed by atoms with Gasteiger partial charge >= 0.3 is 5.97 Å². The molecule has 0 radical (unpaired) electrons. The molecule has 3 fully saturated rings. The molecule has 0 aromatic heterocycles. The van der Waals surface area contributed by atoms with Gasteiger partial charge in [-0.1, -0.05) is 70.4 Å². The predicted molar refractivity (Wildman–Crippen MR) is 175 cm³/mol. The quantitative estimate of drug-likeness (QED) is 0.247. The van der Waals surface area contributed by atoms with Crippen LogP contribution in [0.25, 0.3) is 0 Å². The zero-order valence-corrected chi connectivity index (χ0v) is 28.8. The Bertz CT molecular complexity index is 1260. The molecule has 43 heavy (non-hydrogen) atoms. The first-order chi connectivity index (χ1) is 20.1. The van der Waals surface area contributed by atoms with Gasteiger partial charge in [0.15, 0.2) is 0 Å². The van der Waals surface area contributed by atoms with Crippen molar-refractivity contribution < 1.29 is 19.4 Å². The Balaban J connectivity index is 1.41. The van der Waals surface area contributed by atoms with E-state index in [1.54, 1.807) is 24.3 Å². The van der Waals surface area contributed by atoms with Gasteiger partial charge in [-0.25, -0.2) is 4.79 Å². The molecule has 4 nitrogen and oxygen atoms in total. The average Bonchev–Trinajstić information content (AvgIpc) is 3.21. The molecule has 5 heteroatoms. The van der Waals surface area contributed by atoms with Crippen molar-refractivity contribution in [3.63, 3.8) is 0 Å². The van der Waals surface area contributed by atoms with E-state index in [1.165, 1.54) is 31.3 Å². The number of hydrogen-bond acceptors (Lipinski definition) is 4. The number of aliphatic hydroxyl groups excluding tert-OH is 1. The van der Waals surface area contributed by atoms with E-state index in [1.807, 2.05) is 7.11 Å². The summed E-state index contributed by atoms with van der Waals surface area (Å²) in [4.78, 5) is 13.1. The van der Waals surface area contributed by atoms with E-state index in [-0.39, 0.29) is 45.9 Å². The lowest BCUT2D eigenvalue weighted by molar-refractivity contribution is -0.183. The Morgan fingerprint density at radius 1 is 1.02 bits per heavy atom. The first-order valence-electron chi connectivity index (χ1n) is 16.6. The molecule has 10 atom stereocenters. The second kappa shape index (κ2) is 11.6. The van der Waals surface area contributed by atoms with Crippen molar-refractivity contribution in [3.05, 3.63) is 58.1 Å². The van der Waals surface area contributed by atoms with Gasteiger partial charge in [0.2, 0.25) is 0 Å². The van der Waals surface area contributed by atoms with E-state index < -0.39 is 0 Å². The smallest absolute Gasteiger partial charge is 0.338 e. The molecule has 0 bridgehead atoms. The van der Waals surface area contributed by atoms with Gasteiger partial charge in [0.1, 0.15) is 6.10 Å². The van der Waals surface area contributed by atoms with E-state index in [2.05, 4.69) is 67.5 Å². The largest absolute Gasteiger partial charge is 0.455 e. The summed E-state index contributed by atoms with van der Waals surface area (Å²) in [6, 6.07) is 6.95. The first-order valence-corrected chi connectivity index (χ1v) is 17.0. The van der Waals surface area contributed by atoms with Gasteiger partial charge in [0.25, 0.3) is 0 Å². The van der Waals surface area contributed by atoms with Crippen molar-refractivity contribution in [2.24, 2.45) is 45.3 Å². The van der Waals surface area contributed by atoms with Gasteiger partial charge in [-0.15, -0.1) is 0 Å². The highest BCUT2D eigenvalue weighted by Gasteiger charge is 2.69. The Hall–Kier alpha value is -1.62. The Morgan fingerprint density at radius 3 is 2.33 bits per heavy atom. The van der Waals surface area contributed by atoms with Crippen molar-refractivity contribution in [3.8, 4) is 0 Å². The number of aliphatic hydroxyl groups is 1. The van der Waals surface area contributed by atoms with Gasteiger partial charge in [-0.2, -0.15) is 0 Å².